The molecule has 0 bridgehead atoms. The van der Waals surface area contributed by atoms with E-state index in [4.69, 9.17) is 9.47 Å². The lowest BCUT2D eigenvalue weighted by molar-refractivity contribution is 0.0727. The van der Waals surface area contributed by atoms with Crippen molar-refractivity contribution in [2.24, 2.45) is 0 Å². The van der Waals surface area contributed by atoms with Crippen LogP contribution in [0.25, 0.3) is 10.9 Å². The first kappa shape index (κ1) is 19.0. The Morgan fingerprint density at radius 3 is 2.62 bits per heavy atom. The van der Waals surface area contributed by atoms with E-state index >= 15 is 0 Å². The molecule has 0 saturated heterocycles. The number of benzene rings is 3. The highest BCUT2D eigenvalue weighted by Gasteiger charge is 2.46. The molecule has 2 atom stereocenters. The summed E-state index contributed by atoms with van der Waals surface area (Å²) in [7, 11) is 1.66. The first-order chi connectivity index (χ1) is 15.7. The Morgan fingerprint density at radius 2 is 1.78 bits per heavy atom. The molecule has 0 saturated carbocycles. The van der Waals surface area contributed by atoms with E-state index in [1.165, 1.54) is 10.9 Å². The highest BCUT2D eigenvalue weighted by atomic mass is 16.5. The quantitative estimate of drug-likeness (QED) is 0.486. The highest BCUT2D eigenvalue weighted by molar-refractivity contribution is 6.01. The summed E-state index contributed by atoms with van der Waals surface area (Å²) in [6.07, 6.45) is 0. The summed E-state index contributed by atoms with van der Waals surface area (Å²) >= 11 is 0. The number of carbonyl (C=O) groups excluding carboxylic acids is 1. The van der Waals surface area contributed by atoms with Crippen molar-refractivity contribution < 1.29 is 14.3 Å². The Hall–Kier alpha value is -3.73. The summed E-state index contributed by atoms with van der Waals surface area (Å²) in [4.78, 5) is 19.1. The number of hydrogen-bond donors (Lipinski definition) is 1. The van der Waals surface area contributed by atoms with Crippen molar-refractivity contribution in [2.45, 2.75) is 18.9 Å². The molecule has 3 aromatic carbocycles. The molecule has 1 aromatic heterocycles. The summed E-state index contributed by atoms with van der Waals surface area (Å²) in [5.74, 6) is 1.51. The van der Waals surface area contributed by atoms with E-state index < -0.39 is 0 Å². The minimum absolute atomic E-state index is 0.0349. The van der Waals surface area contributed by atoms with Crippen LogP contribution < -0.4 is 9.47 Å². The van der Waals surface area contributed by atoms with E-state index in [1.54, 1.807) is 7.11 Å². The number of nitrogens with one attached hydrogen (secondary N) is 1. The van der Waals surface area contributed by atoms with Gasteiger partial charge in [0.05, 0.1) is 19.8 Å². The van der Waals surface area contributed by atoms with Gasteiger partial charge in [0, 0.05) is 40.2 Å². The molecule has 0 radical (unpaired) electrons. The number of rotatable bonds is 4. The van der Waals surface area contributed by atoms with Gasteiger partial charge in [0.25, 0.3) is 5.91 Å². The van der Waals surface area contributed by atoms with Crippen LogP contribution in [0.4, 0.5) is 0 Å². The Labute approximate surface area is 186 Å². The molecule has 32 heavy (non-hydrogen) atoms. The number of aromatic amines is 1. The van der Waals surface area contributed by atoms with Gasteiger partial charge in [-0.2, -0.15) is 0 Å². The van der Waals surface area contributed by atoms with Crippen LogP contribution in [0.2, 0.25) is 0 Å². The zero-order valence-corrected chi connectivity index (χ0v) is 18.1. The summed E-state index contributed by atoms with van der Waals surface area (Å²) < 4.78 is 11.7. The Kier molecular flexibility index (Phi) is 4.25. The minimum Gasteiger partial charge on any atom is -0.493 e. The van der Waals surface area contributed by atoms with Gasteiger partial charge < -0.3 is 19.4 Å². The fraction of sp³-hybridized carbons (Fsp3) is 0.222. The number of nitrogens with zero attached hydrogens (tertiary/aromatic N) is 1. The largest absolute Gasteiger partial charge is 0.493 e. The van der Waals surface area contributed by atoms with E-state index in [2.05, 4.69) is 35.3 Å². The number of ether oxygens (including phenoxy) is 2. The molecule has 2 aliphatic rings. The number of amides is 1. The maximum Gasteiger partial charge on any atom is 0.255 e. The summed E-state index contributed by atoms with van der Waals surface area (Å²) in [5.41, 5.74) is 6.31. The van der Waals surface area contributed by atoms with Crippen LogP contribution in [-0.4, -0.2) is 36.1 Å². The van der Waals surface area contributed by atoms with Crippen LogP contribution in [0.1, 0.15) is 51.6 Å². The zero-order chi connectivity index (χ0) is 21.8. The van der Waals surface area contributed by atoms with Crippen LogP contribution in [0, 0.1) is 0 Å². The van der Waals surface area contributed by atoms with E-state index in [0.717, 1.165) is 33.7 Å². The zero-order valence-electron chi connectivity index (χ0n) is 18.1. The number of para-hydroxylation sites is 2. The van der Waals surface area contributed by atoms with Crippen molar-refractivity contribution in [3.8, 4) is 11.5 Å². The van der Waals surface area contributed by atoms with Gasteiger partial charge in [-0.05, 0) is 36.2 Å². The molecule has 5 nitrogen and oxygen atoms in total. The van der Waals surface area contributed by atoms with Crippen LogP contribution in [0.15, 0.2) is 66.7 Å². The van der Waals surface area contributed by atoms with Crippen molar-refractivity contribution in [2.75, 3.05) is 20.3 Å². The molecule has 160 valence electrons. The van der Waals surface area contributed by atoms with E-state index in [1.807, 2.05) is 48.2 Å². The van der Waals surface area contributed by atoms with Crippen molar-refractivity contribution >= 4 is 16.8 Å². The number of hydrogen-bond acceptors (Lipinski definition) is 3. The third-order valence-corrected chi connectivity index (χ3v) is 6.73. The van der Waals surface area contributed by atoms with Crippen molar-refractivity contribution in [1.29, 1.82) is 0 Å². The predicted molar refractivity (Wildman–Crippen MR) is 124 cm³/mol. The molecule has 3 heterocycles. The lowest BCUT2D eigenvalue weighted by Crippen LogP contribution is -2.38. The lowest BCUT2D eigenvalue weighted by Gasteiger charge is -2.36. The van der Waals surface area contributed by atoms with Crippen molar-refractivity contribution in [3.63, 3.8) is 0 Å². The molecule has 0 fully saturated rings. The average molecular weight is 425 g/mol. The van der Waals surface area contributed by atoms with Gasteiger partial charge in [-0.15, -0.1) is 0 Å². The molecule has 5 heteroatoms. The molecule has 1 amide bonds. The summed E-state index contributed by atoms with van der Waals surface area (Å²) in [5, 5.41) is 1.19. The lowest BCUT2D eigenvalue weighted by atomic mass is 9.82. The molecule has 2 aliphatic heterocycles. The number of methoxy groups -OCH3 is 1. The van der Waals surface area contributed by atoms with Gasteiger partial charge in [0.2, 0.25) is 0 Å². The van der Waals surface area contributed by atoms with Crippen LogP contribution >= 0.6 is 0 Å². The Balaban J connectivity index is 1.63. The maximum absolute atomic E-state index is 13.4. The monoisotopic (exact) mass is 424 g/mol. The summed E-state index contributed by atoms with van der Waals surface area (Å²) in [6.45, 7) is 3.10. The van der Waals surface area contributed by atoms with Gasteiger partial charge in [0.15, 0.2) is 11.5 Å². The third-order valence-electron chi connectivity index (χ3n) is 6.73. The molecule has 6 rings (SSSR count). The van der Waals surface area contributed by atoms with Gasteiger partial charge in [-0.1, -0.05) is 48.5 Å². The van der Waals surface area contributed by atoms with Crippen LogP contribution in [0.3, 0.4) is 0 Å². The number of fused-ring (bicyclic) bond motifs is 7. The molecule has 4 aromatic rings. The SMILES string of the molecule is CCOc1c(OC)cccc1[C@H]1CN2C(=O)c3ccccc3[C@H]2c2[nH]c3ccccc3c21. The summed E-state index contributed by atoms with van der Waals surface area (Å²) in [6, 6.07) is 22.3. The van der Waals surface area contributed by atoms with E-state index in [9.17, 15) is 4.79 Å². The standard InChI is InChI=1S/C27H24N2O3/c1-3-32-26-17(12-8-14-22(26)31-2)20-15-29-25(16-9-4-5-10-18(16)27(29)30)24-23(20)19-11-6-7-13-21(19)28-24/h4-14,20,25,28H,3,15H2,1-2H3/t20-,25+/m1/s1. The minimum atomic E-state index is -0.0986. The second kappa shape index (κ2) is 7.16. The number of H-pyrrole nitrogens is 1. The third kappa shape index (κ3) is 2.54. The molecule has 0 spiro atoms. The second-order valence-corrected chi connectivity index (χ2v) is 8.31. The smallest absolute Gasteiger partial charge is 0.255 e. The first-order valence-electron chi connectivity index (χ1n) is 11.0. The molecular formula is C27H24N2O3. The van der Waals surface area contributed by atoms with Gasteiger partial charge in [-0.25, -0.2) is 0 Å². The number of carbonyl (C=O) groups is 1. The number of aromatic nitrogens is 1. The highest BCUT2D eigenvalue weighted by Crippen LogP contribution is 2.51. The van der Waals surface area contributed by atoms with E-state index in [-0.39, 0.29) is 17.9 Å². The average Bonchev–Trinajstić information content (AvgIpc) is 3.35. The maximum atomic E-state index is 13.4. The topological polar surface area (TPSA) is 54.6 Å². The molecular weight excluding hydrogens is 400 g/mol. The molecule has 0 aliphatic carbocycles. The fourth-order valence-corrected chi connectivity index (χ4v) is 5.45. The van der Waals surface area contributed by atoms with Crippen LogP contribution in [0.5, 0.6) is 11.5 Å². The Morgan fingerprint density at radius 1 is 1.00 bits per heavy atom. The molecule has 1 N–H and O–H groups in total. The fourth-order valence-electron chi connectivity index (χ4n) is 5.45. The van der Waals surface area contributed by atoms with Crippen molar-refractivity contribution in [3.05, 3.63) is 94.7 Å². The normalized spacial score (nSPS) is 18.9. The van der Waals surface area contributed by atoms with Gasteiger partial charge >= 0.3 is 0 Å². The Bertz CT molecular complexity index is 1360. The van der Waals surface area contributed by atoms with Gasteiger partial charge in [-0.3, -0.25) is 4.79 Å². The van der Waals surface area contributed by atoms with Crippen LogP contribution in [-0.2, 0) is 0 Å². The molecule has 0 unspecified atom stereocenters. The van der Waals surface area contributed by atoms with Gasteiger partial charge in [0.1, 0.15) is 0 Å². The second-order valence-electron chi connectivity index (χ2n) is 8.31. The first-order valence-corrected chi connectivity index (χ1v) is 11.0. The van der Waals surface area contributed by atoms with E-state index in [0.29, 0.717) is 18.9 Å². The van der Waals surface area contributed by atoms with Crippen molar-refractivity contribution in [1.82, 2.24) is 9.88 Å². The predicted octanol–water partition coefficient (Wildman–Crippen LogP) is 5.27.